The first-order valence-electron chi connectivity index (χ1n) is 5.87. The van der Waals surface area contributed by atoms with Crippen LogP contribution in [0, 0.1) is 0 Å². The molecule has 0 spiro atoms. The molecule has 1 N–H and O–H groups in total. The van der Waals surface area contributed by atoms with E-state index in [1.165, 1.54) is 4.90 Å². The van der Waals surface area contributed by atoms with Crippen LogP contribution in [0.1, 0.15) is 20.3 Å². The largest absolute Gasteiger partial charge is 0.465 e. The van der Waals surface area contributed by atoms with Gasteiger partial charge in [-0.2, -0.15) is 0 Å². The number of hydrogen-bond acceptors (Lipinski definition) is 4. The summed E-state index contributed by atoms with van der Waals surface area (Å²) in [6, 6.07) is -0.417. The number of rotatable bonds is 9. The number of nitrogens with zero attached hydrogens (tertiary/aromatic N) is 1. The summed E-state index contributed by atoms with van der Waals surface area (Å²) in [5, 5.41) is 2.99. The average Bonchev–Trinajstić information content (AvgIpc) is 2.23. The molecule has 17 heavy (non-hydrogen) atoms. The summed E-state index contributed by atoms with van der Waals surface area (Å²) in [6.45, 7) is 4.75. The van der Waals surface area contributed by atoms with Crippen molar-refractivity contribution in [2.24, 2.45) is 0 Å². The number of carbonyl (C=O) groups excluding carboxylic acids is 1. The summed E-state index contributed by atoms with van der Waals surface area (Å²) in [6.07, 6.45) is -1.88. The van der Waals surface area contributed by atoms with Gasteiger partial charge in [0.05, 0.1) is 13.2 Å². The number of esters is 1. The fourth-order valence-electron chi connectivity index (χ4n) is 1.47. The second kappa shape index (κ2) is 9.30. The van der Waals surface area contributed by atoms with E-state index < -0.39 is 12.5 Å². The second-order valence-electron chi connectivity index (χ2n) is 3.80. The lowest BCUT2D eigenvalue weighted by molar-refractivity contribution is -0.145. The molecule has 0 radical (unpaired) electrons. The number of nitrogens with one attached hydrogen (secondary N) is 1. The summed E-state index contributed by atoms with van der Waals surface area (Å²) in [4.78, 5) is 13.0. The van der Waals surface area contributed by atoms with Crippen molar-refractivity contribution < 1.29 is 18.3 Å². The molecule has 1 atom stereocenters. The van der Waals surface area contributed by atoms with E-state index >= 15 is 0 Å². The van der Waals surface area contributed by atoms with Crippen LogP contribution in [-0.2, 0) is 9.53 Å². The summed E-state index contributed by atoms with van der Waals surface area (Å²) in [7, 11) is 1.61. The molecular formula is C11H22F2N2O2. The van der Waals surface area contributed by atoms with Crippen LogP contribution in [0.2, 0.25) is 0 Å². The first-order chi connectivity index (χ1) is 8.01. The van der Waals surface area contributed by atoms with Gasteiger partial charge in [-0.15, -0.1) is 0 Å². The molecule has 1 unspecified atom stereocenters. The maximum absolute atomic E-state index is 12.1. The van der Waals surface area contributed by atoms with Gasteiger partial charge >= 0.3 is 5.97 Å². The highest BCUT2D eigenvalue weighted by molar-refractivity contribution is 5.75. The second-order valence-corrected chi connectivity index (χ2v) is 3.80. The van der Waals surface area contributed by atoms with Crippen molar-refractivity contribution >= 4 is 5.97 Å². The Hall–Kier alpha value is -0.750. The van der Waals surface area contributed by atoms with Gasteiger partial charge in [0.25, 0.3) is 6.43 Å². The minimum Gasteiger partial charge on any atom is -0.465 e. The monoisotopic (exact) mass is 252 g/mol. The van der Waals surface area contributed by atoms with Crippen molar-refractivity contribution in [3.8, 4) is 0 Å². The lowest BCUT2D eigenvalue weighted by atomic mass is 10.2. The molecule has 0 aliphatic carbocycles. The number of carbonyl (C=O) groups is 1. The highest BCUT2D eigenvalue weighted by Gasteiger charge is 2.19. The van der Waals surface area contributed by atoms with Gasteiger partial charge in [-0.3, -0.25) is 4.79 Å². The van der Waals surface area contributed by atoms with E-state index in [0.29, 0.717) is 26.1 Å². The predicted octanol–water partition coefficient (Wildman–Crippen LogP) is 1.11. The van der Waals surface area contributed by atoms with Crippen LogP contribution in [0.15, 0.2) is 0 Å². The van der Waals surface area contributed by atoms with Gasteiger partial charge in [-0.25, -0.2) is 8.78 Å². The van der Waals surface area contributed by atoms with Gasteiger partial charge in [0, 0.05) is 6.54 Å². The molecule has 0 amide bonds. The third kappa shape index (κ3) is 8.04. The van der Waals surface area contributed by atoms with Crippen molar-refractivity contribution in [3.63, 3.8) is 0 Å². The quantitative estimate of drug-likeness (QED) is 0.624. The average molecular weight is 252 g/mol. The zero-order chi connectivity index (χ0) is 13.3. The maximum Gasteiger partial charge on any atom is 0.323 e. The summed E-state index contributed by atoms with van der Waals surface area (Å²) in [5.74, 6) is -0.320. The third-order valence-corrected chi connectivity index (χ3v) is 2.27. The smallest absolute Gasteiger partial charge is 0.323 e. The minimum absolute atomic E-state index is 0.276. The van der Waals surface area contributed by atoms with Crippen molar-refractivity contribution in [1.82, 2.24) is 10.2 Å². The van der Waals surface area contributed by atoms with Gasteiger partial charge in [0.15, 0.2) is 0 Å². The highest BCUT2D eigenvalue weighted by Crippen LogP contribution is 2.01. The Morgan fingerprint density at radius 3 is 2.53 bits per heavy atom. The van der Waals surface area contributed by atoms with Crippen LogP contribution in [0.3, 0.4) is 0 Å². The number of halogens is 2. The normalized spacial score (nSPS) is 13.1. The van der Waals surface area contributed by atoms with Crippen LogP contribution in [0.4, 0.5) is 8.78 Å². The molecule has 0 aromatic carbocycles. The summed E-state index contributed by atoms with van der Waals surface area (Å²) >= 11 is 0. The minimum atomic E-state index is -2.35. The van der Waals surface area contributed by atoms with Crippen molar-refractivity contribution in [1.29, 1.82) is 0 Å². The highest BCUT2D eigenvalue weighted by atomic mass is 19.3. The van der Waals surface area contributed by atoms with E-state index in [1.54, 1.807) is 14.0 Å². The number of alkyl halides is 2. The molecule has 0 aliphatic rings. The Labute approximate surface area is 101 Å². The van der Waals surface area contributed by atoms with Crippen LogP contribution < -0.4 is 5.32 Å². The molecule has 0 bridgehead atoms. The first kappa shape index (κ1) is 16.2. The van der Waals surface area contributed by atoms with Crippen molar-refractivity contribution in [3.05, 3.63) is 0 Å². The van der Waals surface area contributed by atoms with Gasteiger partial charge in [0.1, 0.15) is 6.04 Å². The van der Waals surface area contributed by atoms with Gasteiger partial charge in [-0.05, 0) is 26.9 Å². The fourth-order valence-corrected chi connectivity index (χ4v) is 1.47. The third-order valence-electron chi connectivity index (χ3n) is 2.27. The Kier molecular flexibility index (Phi) is 8.89. The van der Waals surface area contributed by atoms with Crippen molar-refractivity contribution in [2.75, 3.05) is 33.3 Å². The molecule has 102 valence electrons. The Balaban J connectivity index is 4.03. The number of hydrogen-bond donors (Lipinski definition) is 1. The fraction of sp³-hybridized carbons (Fsp3) is 0.909. The Morgan fingerprint density at radius 2 is 2.06 bits per heavy atom. The van der Waals surface area contributed by atoms with Gasteiger partial charge in [0.2, 0.25) is 0 Å². The van der Waals surface area contributed by atoms with Gasteiger partial charge in [-0.1, -0.05) is 6.92 Å². The van der Waals surface area contributed by atoms with E-state index in [0.717, 1.165) is 0 Å². The van der Waals surface area contributed by atoms with E-state index in [4.69, 9.17) is 4.74 Å². The maximum atomic E-state index is 12.1. The molecule has 6 heteroatoms. The molecule has 0 aliphatic heterocycles. The SMILES string of the molecule is CCNC(CCN(C)CC(F)F)C(=O)OCC. The summed E-state index contributed by atoms with van der Waals surface area (Å²) < 4.78 is 29.1. The van der Waals surface area contributed by atoms with Crippen LogP contribution in [0.5, 0.6) is 0 Å². The molecule has 4 nitrogen and oxygen atoms in total. The van der Waals surface area contributed by atoms with Gasteiger partial charge < -0.3 is 15.0 Å². The van der Waals surface area contributed by atoms with Crippen LogP contribution >= 0.6 is 0 Å². The topological polar surface area (TPSA) is 41.6 Å². The first-order valence-corrected chi connectivity index (χ1v) is 5.87. The lowest BCUT2D eigenvalue weighted by Gasteiger charge is -2.20. The van der Waals surface area contributed by atoms with Crippen LogP contribution in [0.25, 0.3) is 0 Å². The standard InChI is InChI=1S/C11H22F2N2O2/c1-4-14-9(11(16)17-5-2)6-7-15(3)8-10(12)13/h9-10,14H,4-8H2,1-3H3. The van der Waals surface area contributed by atoms with E-state index in [9.17, 15) is 13.6 Å². The van der Waals surface area contributed by atoms with E-state index in [2.05, 4.69) is 5.32 Å². The number of likely N-dealkylation sites (N-methyl/N-ethyl adjacent to an activating group) is 1. The molecule has 0 rings (SSSR count). The molecular weight excluding hydrogens is 230 g/mol. The molecule has 0 aromatic rings. The van der Waals surface area contributed by atoms with Crippen molar-refractivity contribution in [2.45, 2.75) is 32.7 Å². The zero-order valence-corrected chi connectivity index (χ0v) is 10.7. The van der Waals surface area contributed by atoms with E-state index in [1.807, 2.05) is 6.92 Å². The van der Waals surface area contributed by atoms with Crippen LogP contribution in [-0.4, -0.2) is 56.6 Å². The molecule has 0 saturated carbocycles. The molecule has 0 aromatic heterocycles. The Morgan fingerprint density at radius 1 is 1.41 bits per heavy atom. The predicted molar refractivity (Wildman–Crippen MR) is 62.2 cm³/mol. The lowest BCUT2D eigenvalue weighted by Crippen LogP contribution is -2.41. The van der Waals surface area contributed by atoms with E-state index in [-0.39, 0.29) is 12.5 Å². The summed E-state index contributed by atoms with van der Waals surface area (Å²) in [5.41, 5.74) is 0. The zero-order valence-electron chi connectivity index (χ0n) is 10.7. The molecule has 0 fully saturated rings. The molecule has 0 heterocycles. The number of ether oxygens (including phenoxy) is 1. The Bertz CT molecular complexity index is 216. The molecule has 0 saturated heterocycles.